The maximum Gasteiger partial charge on any atom is 0.306 e. The van der Waals surface area contributed by atoms with Gasteiger partial charge in [0.25, 0.3) is 8.32 Å². The molecule has 0 bridgehead atoms. The molecule has 0 spiro atoms. The lowest BCUT2D eigenvalue weighted by Crippen LogP contribution is -2.68. The van der Waals surface area contributed by atoms with Crippen LogP contribution in [0.3, 0.4) is 0 Å². The second-order valence-electron chi connectivity index (χ2n) is 8.80. The predicted molar refractivity (Wildman–Crippen MR) is 113 cm³/mol. The van der Waals surface area contributed by atoms with Gasteiger partial charge in [0.15, 0.2) is 0 Å². The van der Waals surface area contributed by atoms with Gasteiger partial charge in [-0.15, -0.1) is 0 Å². The molecule has 0 unspecified atom stereocenters. The lowest BCUT2D eigenvalue weighted by atomic mass is 9.85. The molecule has 0 saturated heterocycles. The van der Waals surface area contributed by atoms with E-state index in [1.807, 2.05) is 36.4 Å². The molecule has 3 rings (SSSR count). The van der Waals surface area contributed by atoms with E-state index >= 15 is 0 Å². The molecule has 2 aromatic carbocycles. The molecule has 0 radical (unpaired) electrons. The summed E-state index contributed by atoms with van der Waals surface area (Å²) in [7, 11) is -2.73. The number of carboxylic acids is 1. The lowest BCUT2D eigenvalue weighted by molar-refractivity contribution is -0.146. The molecule has 0 aliphatic heterocycles. The van der Waals surface area contributed by atoms with Crippen LogP contribution in [0.2, 0.25) is 5.04 Å². The smallest absolute Gasteiger partial charge is 0.306 e. The molecule has 2 N–H and O–H groups in total. The minimum Gasteiger partial charge on any atom is -0.481 e. The number of rotatable bonds is 5. The van der Waals surface area contributed by atoms with Crippen molar-refractivity contribution in [1.82, 2.24) is 0 Å². The van der Waals surface area contributed by atoms with Gasteiger partial charge in [-0.05, 0) is 34.7 Å². The summed E-state index contributed by atoms with van der Waals surface area (Å²) in [4.78, 5) is 11.6. The van der Waals surface area contributed by atoms with Gasteiger partial charge in [0.2, 0.25) is 0 Å². The summed E-state index contributed by atoms with van der Waals surface area (Å²) in [5.41, 5.74) is 0. The van der Waals surface area contributed by atoms with Crippen LogP contribution in [0.15, 0.2) is 60.7 Å². The average molecular weight is 399 g/mol. The van der Waals surface area contributed by atoms with Crippen LogP contribution >= 0.6 is 0 Å². The van der Waals surface area contributed by atoms with E-state index in [4.69, 9.17) is 4.43 Å². The molecule has 0 heterocycles. The van der Waals surface area contributed by atoms with Crippen molar-refractivity contribution >= 4 is 24.7 Å². The Balaban J connectivity index is 2.10. The number of aliphatic carboxylic acids is 1. The Bertz CT molecular complexity index is 746. The maximum atomic E-state index is 11.6. The van der Waals surface area contributed by atoms with Crippen molar-refractivity contribution in [3.8, 4) is 0 Å². The van der Waals surface area contributed by atoms with E-state index in [1.54, 1.807) is 0 Å². The van der Waals surface area contributed by atoms with Gasteiger partial charge in [0.1, 0.15) is 0 Å². The van der Waals surface area contributed by atoms with Crippen LogP contribution in [0.5, 0.6) is 0 Å². The van der Waals surface area contributed by atoms with Gasteiger partial charge in [0, 0.05) is 6.10 Å². The van der Waals surface area contributed by atoms with Crippen molar-refractivity contribution in [1.29, 1.82) is 0 Å². The monoisotopic (exact) mass is 398 g/mol. The fraction of sp³-hybridized carbons (Fsp3) is 0.435. The summed E-state index contributed by atoms with van der Waals surface area (Å²) in [6.45, 7) is 6.60. The highest BCUT2D eigenvalue weighted by Gasteiger charge is 2.52. The zero-order valence-corrected chi connectivity index (χ0v) is 17.8. The van der Waals surface area contributed by atoms with Gasteiger partial charge >= 0.3 is 5.97 Å². The number of carboxylic acid groups (broad SMARTS) is 1. The van der Waals surface area contributed by atoms with E-state index in [0.717, 1.165) is 0 Å². The molecule has 1 aliphatic rings. The van der Waals surface area contributed by atoms with Crippen LogP contribution < -0.4 is 10.4 Å². The predicted octanol–water partition coefficient (Wildman–Crippen LogP) is 3.18. The molecule has 28 heavy (non-hydrogen) atoms. The maximum absolute atomic E-state index is 11.6. The quantitative estimate of drug-likeness (QED) is 0.759. The molecule has 150 valence electrons. The molecule has 3 atom stereocenters. The van der Waals surface area contributed by atoms with Crippen LogP contribution in [0.25, 0.3) is 0 Å². The van der Waals surface area contributed by atoms with Crippen LogP contribution in [0, 0.1) is 5.92 Å². The van der Waals surface area contributed by atoms with Gasteiger partial charge in [-0.3, -0.25) is 4.79 Å². The summed E-state index contributed by atoms with van der Waals surface area (Å²) in [6.07, 6.45) is 0.301. The van der Waals surface area contributed by atoms with E-state index < -0.39 is 26.3 Å². The Morgan fingerprint density at radius 2 is 1.43 bits per heavy atom. The lowest BCUT2D eigenvalue weighted by Gasteiger charge is -2.46. The first-order valence-electron chi connectivity index (χ1n) is 9.94. The first-order valence-corrected chi connectivity index (χ1v) is 11.8. The van der Waals surface area contributed by atoms with Gasteiger partial charge < -0.3 is 14.6 Å². The van der Waals surface area contributed by atoms with Crippen molar-refractivity contribution in [2.24, 2.45) is 5.92 Å². The molecule has 1 saturated carbocycles. The van der Waals surface area contributed by atoms with Crippen molar-refractivity contribution in [3.63, 3.8) is 0 Å². The number of hydrogen-bond donors (Lipinski definition) is 2. The average Bonchev–Trinajstić information content (AvgIpc) is 2.66. The van der Waals surface area contributed by atoms with E-state index in [-0.39, 0.29) is 11.1 Å². The number of aliphatic hydroxyl groups is 1. The molecule has 1 fully saturated rings. The molecule has 5 heteroatoms. The van der Waals surface area contributed by atoms with Gasteiger partial charge in [-0.1, -0.05) is 81.4 Å². The van der Waals surface area contributed by atoms with Crippen molar-refractivity contribution in [2.45, 2.75) is 57.3 Å². The van der Waals surface area contributed by atoms with Crippen LogP contribution in [0.4, 0.5) is 0 Å². The summed E-state index contributed by atoms with van der Waals surface area (Å²) in [5.74, 6) is -1.42. The Morgan fingerprint density at radius 3 is 1.86 bits per heavy atom. The number of carbonyl (C=O) groups is 1. The molecular weight excluding hydrogens is 368 g/mol. The molecule has 0 amide bonds. The van der Waals surface area contributed by atoms with Crippen molar-refractivity contribution < 1.29 is 19.4 Å². The summed E-state index contributed by atoms with van der Waals surface area (Å²) in [6, 6.07) is 20.6. The fourth-order valence-electron chi connectivity index (χ4n) is 4.48. The first-order chi connectivity index (χ1) is 13.2. The van der Waals surface area contributed by atoms with Gasteiger partial charge in [0.05, 0.1) is 12.0 Å². The zero-order chi connectivity index (χ0) is 20.4. The molecular formula is C23H30O4Si. The van der Waals surface area contributed by atoms with Crippen LogP contribution in [-0.4, -0.2) is 36.7 Å². The fourth-order valence-corrected chi connectivity index (χ4v) is 9.18. The zero-order valence-electron chi connectivity index (χ0n) is 16.8. The third kappa shape index (κ3) is 4.07. The molecule has 4 nitrogen and oxygen atoms in total. The Labute approximate surface area is 168 Å². The summed E-state index contributed by atoms with van der Waals surface area (Å²) in [5, 5.41) is 22.0. The SMILES string of the molecule is CC(C)(C)[Si](O[C@H]1C[C@@H](O)C[C@@H](C(=O)O)C1)(c1ccccc1)c1ccccc1. The normalized spacial score (nSPS) is 23.4. The third-order valence-corrected chi connectivity index (χ3v) is 10.8. The van der Waals surface area contributed by atoms with Crippen LogP contribution in [-0.2, 0) is 9.22 Å². The minimum atomic E-state index is -2.73. The van der Waals surface area contributed by atoms with Crippen molar-refractivity contribution in [2.75, 3.05) is 0 Å². The van der Waals surface area contributed by atoms with Crippen LogP contribution in [0.1, 0.15) is 40.0 Å². The van der Waals surface area contributed by atoms with E-state index in [0.29, 0.717) is 19.3 Å². The third-order valence-electron chi connectivity index (χ3n) is 5.75. The molecule has 0 aromatic heterocycles. The Kier molecular flexibility index (Phi) is 6.08. The largest absolute Gasteiger partial charge is 0.481 e. The highest BCUT2D eigenvalue weighted by Crippen LogP contribution is 2.40. The van der Waals surface area contributed by atoms with E-state index in [2.05, 4.69) is 45.0 Å². The van der Waals surface area contributed by atoms with Gasteiger partial charge in [-0.25, -0.2) is 0 Å². The molecule has 1 aliphatic carbocycles. The highest BCUT2D eigenvalue weighted by molar-refractivity contribution is 6.99. The highest BCUT2D eigenvalue weighted by atomic mass is 28.4. The first kappa shape index (κ1) is 20.8. The second kappa shape index (κ2) is 8.19. The number of aliphatic hydroxyl groups excluding tert-OH is 1. The number of benzene rings is 2. The van der Waals surface area contributed by atoms with E-state index in [9.17, 15) is 15.0 Å². The molecule has 2 aromatic rings. The Morgan fingerprint density at radius 1 is 0.929 bits per heavy atom. The second-order valence-corrected chi connectivity index (χ2v) is 13.1. The number of hydrogen-bond acceptors (Lipinski definition) is 3. The summed E-state index contributed by atoms with van der Waals surface area (Å²) < 4.78 is 6.98. The standard InChI is InChI=1S/C23H30O4Si/c1-23(2,3)28(20-10-6-4-7-11-20,21-12-8-5-9-13-21)27-19-15-17(22(25)26)14-18(24)16-19/h4-13,17-19,24H,14-16H2,1-3H3,(H,25,26)/t17-,18+,19-/m1/s1. The summed E-state index contributed by atoms with van der Waals surface area (Å²) >= 11 is 0. The van der Waals surface area contributed by atoms with Gasteiger partial charge in [-0.2, -0.15) is 0 Å². The van der Waals surface area contributed by atoms with E-state index in [1.165, 1.54) is 10.4 Å². The topological polar surface area (TPSA) is 66.8 Å². The van der Waals surface area contributed by atoms with Crippen molar-refractivity contribution in [3.05, 3.63) is 60.7 Å². The minimum absolute atomic E-state index is 0.170. The Hall–Kier alpha value is -1.95.